The molecule has 2 aromatic rings. The van der Waals surface area contributed by atoms with E-state index in [1.165, 1.54) is 12.1 Å². The van der Waals surface area contributed by atoms with Gasteiger partial charge < -0.3 is 10.1 Å². The summed E-state index contributed by atoms with van der Waals surface area (Å²) in [6, 6.07) is 10.7. The van der Waals surface area contributed by atoms with Gasteiger partial charge in [-0.3, -0.25) is 0 Å². The van der Waals surface area contributed by atoms with Crippen molar-refractivity contribution in [2.24, 2.45) is 0 Å². The first kappa shape index (κ1) is 15.4. The van der Waals surface area contributed by atoms with Gasteiger partial charge in [-0.15, -0.1) is 0 Å². The average Bonchev–Trinajstić information content (AvgIpc) is 2.46. The van der Waals surface area contributed by atoms with Gasteiger partial charge in [-0.1, -0.05) is 25.1 Å². The smallest absolute Gasteiger partial charge is 0.126 e. The summed E-state index contributed by atoms with van der Waals surface area (Å²) in [7, 11) is 1.75. The largest absolute Gasteiger partial charge is 0.493 e. The number of hydrogen-bond donors (Lipinski definition) is 1. The Morgan fingerprint density at radius 2 is 1.76 bits per heavy atom. The van der Waals surface area contributed by atoms with E-state index in [0.29, 0.717) is 12.2 Å². The van der Waals surface area contributed by atoms with E-state index in [9.17, 15) is 8.78 Å². The number of para-hydroxylation sites is 1. The summed E-state index contributed by atoms with van der Waals surface area (Å²) in [5, 5.41) is 3.09. The predicted octanol–water partition coefficient (Wildman–Crippen LogP) is 4.06. The highest BCUT2D eigenvalue weighted by Crippen LogP contribution is 2.30. The first-order chi connectivity index (χ1) is 10.2. The molecular formula is C17H19F2NO. The molecular weight excluding hydrogens is 272 g/mol. The molecule has 0 amide bonds. The molecule has 1 unspecified atom stereocenters. The third kappa shape index (κ3) is 3.79. The second kappa shape index (κ2) is 7.18. The monoisotopic (exact) mass is 291 g/mol. The van der Waals surface area contributed by atoms with Gasteiger partial charge in [-0.05, 0) is 37.2 Å². The Balaban J connectivity index is 2.41. The standard InChI is InChI=1S/C17H19F2NO/c1-3-8-21-16-7-5-4-6-15(16)17(20-2)12-9-13(18)11-14(19)10-12/h4-7,9-11,17,20H,3,8H2,1-2H3. The van der Waals surface area contributed by atoms with Crippen LogP contribution in [0, 0.1) is 11.6 Å². The zero-order valence-corrected chi connectivity index (χ0v) is 12.2. The molecule has 2 aromatic carbocycles. The van der Waals surface area contributed by atoms with Gasteiger partial charge in [0.1, 0.15) is 17.4 Å². The van der Waals surface area contributed by atoms with Crippen molar-refractivity contribution in [3.63, 3.8) is 0 Å². The molecule has 0 aliphatic rings. The molecule has 0 aliphatic carbocycles. The first-order valence-corrected chi connectivity index (χ1v) is 7.00. The summed E-state index contributed by atoms with van der Waals surface area (Å²) in [5.74, 6) is -0.446. The third-order valence-corrected chi connectivity index (χ3v) is 3.20. The van der Waals surface area contributed by atoms with E-state index in [0.717, 1.165) is 23.8 Å². The maximum atomic E-state index is 13.4. The lowest BCUT2D eigenvalue weighted by Gasteiger charge is -2.20. The van der Waals surface area contributed by atoms with Crippen LogP contribution in [0.25, 0.3) is 0 Å². The molecule has 1 N–H and O–H groups in total. The molecule has 2 rings (SSSR count). The lowest BCUT2D eigenvalue weighted by atomic mass is 9.97. The lowest BCUT2D eigenvalue weighted by molar-refractivity contribution is 0.312. The highest BCUT2D eigenvalue weighted by Gasteiger charge is 2.18. The summed E-state index contributed by atoms with van der Waals surface area (Å²) < 4.78 is 32.6. The first-order valence-electron chi connectivity index (χ1n) is 7.00. The molecule has 2 nitrogen and oxygen atoms in total. The highest BCUT2D eigenvalue weighted by molar-refractivity contribution is 5.41. The van der Waals surface area contributed by atoms with Crippen molar-refractivity contribution in [1.82, 2.24) is 5.32 Å². The normalized spacial score (nSPS) is 12.2. The van der Waals surface area contributed by atoms with E-state index in [1.54, 1.807) is 7.05 Å². The summed E-state index contributed by atoms with van der Waals surface area (Å²) >= 11 is 0. The fourth-order valence-corrected chi connectivity index (χ4v) is 2.31. The molecule has 0 saturated carbocycles. The lowest BCUT2D eigenvalue weighted by Crippen LogP contribution is -2.19. The van der Waals surface area contributed by atoms with Gasteiger partial charge in [-0.25, -0.2) is 8.78 Å². The van der Waals surface area contributed by atoms with Crippen LogP contribution >= 0.6 is 0 Å². The number of benzene rings is 2. The second-order valence-electron chi connectivity index (χ2n) is 4.81. The minimum Gasteiger partial charge on any atom is -0.493 e. The summed E-state index contributed by atoms with van der Waals surface area (Å²) in [6.45, 7) is 2.63. The molecule has 112 valence electrons. The van der Waals surface area contributed by atoms with E-state index < -0.39 is 11.6 Å². The highest BCUT2D eigenvalue weighted by atomic mass is 19.1. The van der Waals surface area contributed by atoms with Crippen LogP contribution in [0.3, 0.4) is 0 Å². The van der Waals surface area contributed by atoms with Gasteiger partial charge in [0.15, 0.2) is 0 Å². The van der Waals surface area contributed by atoms with E-state index >= 15 is 0 Å². The molecule has 21 heavy (non-hydrogen) atoms. The Morgan fingerprint density at radius 1 is 1.10 bits per heavy atom. The number of hydrogen-bond acceptors (Lipinski definition) is 2. The molecule has 0 radical (unpaired) electrons. The van der Waals surface area contributed by atoms with Crippen LogP contribution in [0.5, 0.6) is 5.75 Å². The van der Waals surface area contributed by atoms with Crippen LogP contribution in [0.2, 0.25) is 0 Å². The Morgan fingerprint density at radius 3 is 2.38 bits per heavy atom. The van der Waals surface area contributed by atoms with Crippen LogP contribution in [0.1, 0.15) is 30.5 Å². The van der Waals surface area contributed by atoms with Crippen molar-refractivity contribution in [3.05, 3.63) is 65.2 Å². The quantitative estimate of drug-likeness (QED) is 0.866. The molecule has 0 saturated heterocycles. The molecule has 1 atom stereocenters. The Hall–Kier alpha value is -1.94. The van der Waals surface area contributed by atoms with E-state index in [2.05, 4.69) is 5.32 Å². The van der Waals surface area contributed by atoms with Gasteiger partial charge >= 0.3 is 0 Å². The van der Waals surface area contributed by atoms with Crippen molar-refractivity contribution < 1.29 is 13.5 Å². The van der Waals surface area contributed by atoms with Gasteiger partial charge in [0.25, 0.3) is 0 Å². The van der Waals surface area contributed by atoms with E-state index in [1.807, 2.05) is 31.2 Å². The number of nitrogens with one attached hydrogen (secondary N) is 1. The second-order valence-corrected chi connectivity index (χ2v) is 4.81. The summed E-state index contributed by atoms with van der Waals surface area (Å²) in [6.07, 6.45) is 0.896. The minimum atomic E-state index is -0.586. The van der Waals surface area contributed by atoms with Gasteiger partial charge in [0.05, 0.1) is 12.6 Å². The van der Waals surface area contributed by atoms with Crippen molar-refractivity contribution >= 4 is 0 Å². The number of halogens is 2. The Labute approximate surface area is 123 Å². The minimum absolute atomic E-state index is 0.330. The van der Waals surface area contributed by atoms with Gasteiger partial charge in [-0.2, -0.15) is 0 Å². The maximum absolute atomic E-state index is 13.4. The van der Waals surface area contributed by atoms with Crippen LogP contribution < -0.4 is 10.1 Å². The zero-order chi connectivity index (χ0) is 15.2. The topological polar surface area (TPSA) is 21.3 Å². The van der Waals surface area contributed by atoms with Gasteiger partial charge in [0.2, 0.25) is 0 Å². The van der Waals surface area contributed by atoms with Crippen molar-refractivity contribution in [2.75, 3.05) is 13.7 Å². The van der Waals surface area contributed by atoms with Gasteiger partial charge in [0, 0.05) is 11.6 Å². The van der Waals surface area contributed by atoms with Crippen LogP contribution in [-0.2, 0) is 0 Å². The third-order valence-electron chi connectivity index (χ3n) is 3.20. The fourth-order valence-electron chi connectivity index (χ4n) is 2.31. The maximum Gasteiger partial charge on any atom is 0.126 e. The molecule has 4 heteroatoms. The number of ether oxygens (including phenoxy) is 1. The predicted molar refractivity (Wildman–Crippen MR) is 79.5 cm³/mol. The molecule has 0 fully saturated rings. The van der Waals surface area contributed by atoms with Crippen molar-refractivity contribution in [3.8, 4) is 5.75 Å². The molecule has 0 spiro atoms. The average molecular weight is 291 g/mol. The van der Waals surface area contributed by atoms with Crippen LogP contribution in [0.15, 0.2) is 42.5 Å². The Kier molecular flexibility index (Phi) is 5.28. The van der Waals surface area contributed by atoms with Crippen molar-refractivity contribution in [2.45, 2.75) is 19.4 Å². The fraction of sp³-hybridized carbons (Fsp3) is 0.294. The molecule has 0 aromatic heterocycles. The summed E-state index contributed by atoms with van der Waals surface area (Å²) in [4.78, 5) is 0. The van der Waals surface area contributed by atoms with E-state index in [4.69, 9.17) is 4.74 Å². The molecule has 0 bridgehead atoms. The van der Waals surface area contributed by atoms with Crippen molar-refractivity contribution in [1.29, 1.82) is 0 Å². The number of rotatable bonds is 6. The van der Waals surface area contributed by atoms with Crippen LogP contribution in [-0.4, -0.2) is 13.7 Å². The zero-order valence-electron chi connectivity index (χ0n) is 12.2. The Bertz CT molecular complexity index is 581. The van der Waals surface area contributed by atoms with Crippen LogP contribution in [0.4, 0.5) is 8.78 Å². The summed E-state index contributed by atoms with van der Waals surface area (Å²) in [5.41, 5.74) is 1.39. The van der Waals surface area contributed by atoms with E-state index in [-0.39, 0.29) is 6.04 Å². The SMILES string of the molecule is CCCOc1ccccc1C(NC)c1cc(F)cc(F)c1. The molecule has 0 heterocycles. The molecule has 0 aliphatic heterocycles.